The van der Waals surface area contributed by atoms with Gasteiger partial charge in [-0.05, 0) is 34.1 Å². The number of methoxy groups -OCH3 is 1. The van der Waals surface area contributed by atoms with Gasteiger partial charge in [-0.25, -0.2) is 0 Å². The number of hydrogen-bond acceptors (Lipinski definition) is 3. The maximum Gasteiger partial charge on any atom is 0.287 e. The Kier molecular flexibility index (Phi) is 5.23. The number of carbonyl (C=O) groups is 1. The summed E-state index contributed by atoms with van der Waals surface area (Å²) in [5, 5.41) is 3.36. The number of ether oxygens (including phenoxy) is 1. The molecule has 1 aromatic carbocycles. The molecule has 20 heavy (non-hydrogen) atoms. The predicted molar refractivity (Wildman–Crippen MR) is 79.9 cm³/mol. The first-order chi connectivity index (χ1) is 9.61. The molecule has 2 rings (SSSR count). The molecule has 1 amide bonds. The summed E-state index contributed by atoms with van der Waals surface area (Å²) in [6, 6.07) is 10.6. The molecule has 0 aliphatic heterocycles. The van der Waals surface area contributed by atoms with Gasteiger partial charge >= 0.3 is 0 Å². The van der Waals surface area contributed by atoms with Crippen LogP contribution in [0, 0.1) is 0 Å². The summed E-state index contributed by atoms with van der Waals surface area (Å²) in [7, 11) is 1.57. The highest BCUT2D eigenvalue weighted by atomic mass is 79.9. The van der Waals surface area contributed by atoms with Crippen molar-refractivity contribution in [2.24, 2.45) is 0 Å². The van der Waals surface area contributed by atoms with Gasteiger partial charge in [-0.15, -0.1) is 0 Å². The number of rotatable bonds is 5. The first-order valence-electron chi connectivity index (χ1n) is 5.92. The van der Waals surface area contributed by atoms with Crippen LogP contribution in [0.25, 0.3) is 0 Å². The second-order valence-corrected chi connectivity index (χ2v) is 5.25. The van der Waals surface area contributed by atoms with E-state index in [1.54, 1.807) is 25.3 Å². The van der Waals surface area contributed by atoms with Gasteiger partial charge in [0.15, 0.2) is 10.4 Å². The summed E-state index contributed by atoms with van der Waals surface area (Å²) < 4.78 is 11.1. The monoisotopic (exact) mass is 357 g/mol. The van der Waals surface area contributed by atoms with Gasteiger partial charge in [0, 0.05) is 24.2 Å². The van der Waals surface area contributed by atoms with Crippen molar-refractivity contribution in [3.05, 3.63) is 57.4 Å². The van der Waals surface area contributed by atoms with Crippen molar-refractivity contribution in [3.63, 3.8) is 0 Å². The molecular weight excluding hydrogens is 346 g/mol. The van der Waals surface area contributed by atoms with Gasteiger partial charge in [0.2, 0.25) is 0 Å². The molecule has 0 aliphatic rings. The second kappa shape index (κ2) is 6.92. The van der Waals surface area contributed by atoms with E-state index in [0.29, 0.717) is 16.2 Å². The molecule has 0 radical (unpaired) electrons. The van der Waals surface area contributed by atoms with Crippen LogP contribution in [0.1, 0.15) is 22.2 Å². The number of hydrogen-bond donors (Lipinski definition) is 1. The Balaban J connectivity index is 2.01. The summed E-state index contributed by atoms with van der Waals surface area (Å²) >= 11 is 9.27. The number of amides is 1. The molecule has 0 unspecified atom stereocenters. The van der Waals surface area contributed by atoms with E-state index in [1.807, 2.05) is 18.2 Å². The van der Waals surface area contributed by atoms with Crippen molar-refractivity contribution in [1.29, 1.82) is 0 Å². The highest BCUT2D eigenvalue weighted by Crippen LogP contribution is 2.24. The Morgan fingerprint density at radius 2 is 2.15 bits per heavy atom. The third-order valence-electron chi connectivity index (χ3n) is 2.78. The molecule has 0 saturated carbocycles. The molecule has 1 atom stereocenters. The molecule has 0 aliphatic carbocycles. The van der Waals surface area contributed by atoms with Gasteiger partial charge in [0.25, 0.3) is 5.91 Å². The highest BCUT2D eigenvalue weighted by Gasteiger charge is 2.16. The predicted octanol–water partition coefficient (Wildman–Crippen LogP) is 3.81. The van der Waals surface area contributed by atoms with E-state index in [-0.39, 0.29) is 17.8 Å². The Hall–Kier alpha value is -1.30. The lowest BCUT2D eigenvalue weighted by Crippen LogP contribution is -2.29. The average molecular weight is 359 g/mol. The van der Waals surface area contributed by atoms with Crippen LogP contribution in [-0.2, 0) is 4.74 Å². The third kappa shape index (κ3) is 3.62. The van der Waals surface area contributed by atoms with Gasteiger partial charge < -0.3 is 14.5 Å². The van der Waals surface area contributed by atoms with Crippen LogP contribution in [0.2, 0.25) is 5.02 Å². The van der Waals surface area contributed by atoms with Gasteiger partial charge in [0.1, 0.15) is 6.10 Å². The SMILES string of the molecule is CO[C@H](CNC(=O)c1ccc(Br)o1)c1ccccc1Cl. The maximum absolute atomic E-state index is 11.9. The zero-order valence-electron chi connectivity index (χ0n) is 10.7. The van der Waals surface area contributed by atoms with Crippen LogP contribution in [0.4, 0.5) is 0 Å². The minimum Gasteiger partial charge on any atom is -0.444 e. The largest absolute Gasteiger partial charge is 0.444 e. The Morgan fingerprint density at radius 1 is 1.40 bits per heavy atom. The molecule has 106 valence electrons. The summed E-state index contributed by atoms with van der Waals surface area (Å²) in [5.41, 5.74) is 0.831. The average Bonchev–Trinajstić information content (AvgIpc) is 2.88. The molecule has 2 aromatic rings. The maximum atomic E-state index is 11.9. The van der Waals surface area contributed by atoms with E-state index in [9.17, 15) is 4.79 Å². The molecule has 0 fully saturated rings. The van der Waals surface area contributed by atoms with Crippen molar-refractivity contribution in [2.45, 2.75) is 6.10 Å². The molecule has 0 bridgehead atoms. The quantitative estimate of drug-likeness (QED) is 0.884. The number of nitrogens with one attached hydrogen (secondary N) is 1. The van der Waals surface area contributed by atoms with Crippen molar-refractivity contribution in [1.82, 2.24) is 5.32 Å². The molecule has 1 heterocycles. The Morgan fingerprint density at radius 3 is 2.75 bits per heavy atom. The van der Waals surface area contributed by atoms with Crippen LogP contribution >= 0.6 is 27.5 Å². The van der Waals surface area contributed by atoms with E-state index < -0.39 is 0 Å². The number of halogens is 2. The van der Waals surface area contributed by atoms with E-state index >= 15 is 0 Å². The first-order valence-corrected chi connectivity index (χ1v) is 7.09. The smallest absolute Gasteiger partial charge is 0.287 e. The van der Waals surface area contributed by atoms with Gasteiger partial charge in [-0.3, -0.25) is 4.79 Å². The Labute approximate surface area is 130 Å². The zero-order valence-corrected chi connectivity index (χ0v) is 13.1. The molecule has 6 heteroatoms. The molecule has 4 nitrogen and oxygen atoms in total. The van der Waals surface area contributed by atoms with E-state index in [1.165, 1.54) is 0 Å². The fourth-order valence-corrected chi connectivity index (χ4v) is 2.33. The van der Waals surface area contributed by atoms with E-state index in [4.69, 9.17) is 20.8 Å². The minimum atomic E-state index is -0.314. The molecule has 1 aromatic heterocycles. The normalized spacial score (nSPS) is 12.2. The van der Waals surface area contributed by atoms with Gasteiger partial charge in [0.05, 0.1) is 0 Å². The summed E-state index contributed by atoms with van der Waals surface area (Å²) in [4.78, 5) is 11.9. The lowest BCUT2D eigenvalue weighted by molar-refractivity contribution is 0.0806. The molecule has 1 N–H and O–H groups in total. The lowest BCUT2D eigenvalue weighted by atomic mass is 10.1. The first kappa shape index (κ1) is 15.1. The van der Waals surface area contributed by atoms with Crippen LogP contribution in [0.5, 0.6) is 0 Å². The zero-order chi connectivity index (χ0) is 14.5. The number of benzene rings is 1. The summed E-state index contributed by atoms with van der Waals surface area (Å²) in [6.07, 6.45) is -0.314. The lowest BCUT2D eigenvalue weighted by Gasteiger charge is -2.17. The van der Waals surface area contributed by atoms with Gasteiger partial charge in [-0.1, -0.05) is 29.8 Å². The second-order valence-electron chi connectivity index (χ2n) is 4.06. The minimum absolute atomic E-state index is 0.242. The molecule has 0 saturated heterocycles. The van der Waals surface area contributed by atoms with Crippen LogP contribution in [0.15, 0.2) is 45.5 Å². The van der Waals surface area contributed by atoms with Gasteiger partial charge in [-0.2, -0.15) is 0 Å². The van der Waals surface area contributed by atoms with Crippen LogP contribution in [-0.4, -0.2) is 19.6 Å². The standard InChI is InChI=1S/C14H13BrClNO3/c1-19-12(9-4-2-3-5-10(9)16)8-17-14(18)11-6-7-13(15)20-11/h2-7,12H,8H2,1H3,(H,17,18)/t12-/m1/s1. The van der Waals surface area contributed by atoms with Crippen LogP contribution < -0.4 is 5.32 Å². The highest BCUT2D eigenvalue weighted by molar-refractivity contribution is 9.10. The van der Waals surface area contributed by atoms with Crippen molar-refractivity contribution < 1.29 is 13.9 Å². The van der Waals surface area contributed by atoms with E-state index in [2.05, 4.69) is 21.2 Å². The Bertz CT molecular complexity index is 600. The number of carbonyl (C=O) groups excluding carboxylic acids is 1. The summed E-state index contributed by atoms with van der Waals surface area (Å²) in [5.74, 6) is -0.0595. The summed E-state index contributed by atoms with van der Waals surface area (Å²) in [6.45, 7) is 0.303. The molecular formula is C14H13BrClNO3. The number of furan rings is 1. The fourth-order valence-electron chi connectivity index (χ4n) is 1.77. The van der Waals surface area contributed by atoms with Crippen molar-refractivity contribution in [3.8, 4) is 0 Å². The van der Waals surface area contributed by atoms with E-state index in [0.717, 1.165) is 5.56 Å². The van der Waals surface area contributed by atoms with Crippen molar-refractivity contribution in [2.75, 3.05) is 13.7 Å². The third-order valence-corrected chi connectivity index (χ3v) is 3.55. The molecule has 0 spiro atoms. The topological polar surface area (TPSA) is 51.5 Å². The fraction of sp³-hybridized carbons (Fsp3) is 0.214. The van der Waals surface area contributed by atoms with Crippen molar-refractivity contribution >= 4 is 33.4 Å². The van der Waals surface area contributed by atoms with Crippen LogP contribution in [0.3, 0.4) is 0 Å².